The van der Waals surface area contributed by atoms with Crippen molar-refractivity contribution in [1.29, 1.82) is 0 Å². The number of aromatic nitrogens is 2. The molecule has 3 aromatic carbocycles. The second kappa shape index (κ2) is 9.30. The fourth-order valence-corrected chi connectivity index (χ4v) is 4.64. The van der Waals surface area contributed by atoms with E-state index in [0.29, 0.717) is 23.4 Å². The Kier molecular flexibility index (Phi) is 6.28. The number of nitrogens with one attached hydrogen (secondary N) is 2. The van der Waals surface area contributed by atoms with Crippen LogP contribution in [0.2, 0.25) is 0 Å². The van der Waals surface area contributed by atoms with E-state index < -0.39 is 10.0 Å². The van der Waals surface area contributed by atoms with Crippen LogP contribution < -0.4 is 10.0 Å². The van der Waals surface area contributed by atoms with Gasteiger partial charge in [-0.05, 0) is 61.4 Å². The molecule has 0 aliphatic rings. The number of sulfonamides is 1. The van der Waals surface area contributed by atoms with Crippen molar-refractivity contribution in [2.75, 3.05) is 4.72 Å². The van der Waals surface area contributed by atoms with Gasteiger partial charge >= 0.3 is 0 Å². The summed E-state index contributed by atoms with van der Waals surface area (Å²) in [6.07, 6.45) is 3.65. The van der Waals surface area contributed by atoms with Crippen molar-refractivity contribution >= 4 is 21.6 Å². The van der Waals surface area contributed by atoms with E-state index in [9.17, 15) is 13.2 Å². The molecule has 0 aliphatic heterocycles. The van der Waals surface area contributed by atoms with Crippen molar-refractivity contribution < 1.29 is 13.2 Å². The number of nitrogens with zero attached hydrogens (tertiary/aromatic N) is 2. The van der Waals surface area contributed by atoms with E-state index in [0.717, 1.165) is 17.1 Å². The van der Waals surface area contributed by atoms with Crippen LogP contribution in [0, 0.1) is 13.8 Å². The summed E-state index contributed by atoms with van der Waals surface area (Å²) in [6.45, 7) is 4.01. The molecular formula is C25H24N4O3S. The van der Waals surface area contributed by atoms with Gasteiger partial charge < -0.3 is 9.88 Å². The topological polar surface area (TPSA) is 93.1 Å². The van der Waals surface area contributed by atoms with E-state index in [-0.39, 0.29) is 10.8 Å². The van der Waals surface area contributed by atoms with Gasteiger partial charge in [-0.15, -0.1) is 0 Å². The number of aryl methyl sites for hydroxylation is 1. The summed E-state index contributed by atoms with van der Waals surface area (Å²) >= 11 is 0. The van der Waals surface area contributed by atoms with Crippen molar-refractivity contribution in [1.82, 2.24) is 14.9 Å². The van der Waals surface area contributed by atoms with Gasteiger partial charge in [0.05, 0.1) is 10.6 Å². The molecule has 8 heteroatoms. The monoisotopic (exact) mass is 460 g/mol. The Morgan fingerprint density at radius 1 is 0.939 bits per heavy atom. The summed E-state index contributed by atoms with van der Waals surface area (Å²) in [6, 6.07) is 20.9. The Morgan fingerprint density at radius 3 is 2.33 bits per heavy atom. The maximum Gasteiger partial charge on any atom is 0.261 e. The summed E-state index contributed by atoms with van der Waals surface area (Å²) < 4.78 is 29.9. The lowest BCUT2D eigenvalue weighted by Crippen LogP contribution is -2.24. The Labute approximate surface area is 193 Å². The van der Waals surface area contributed by atoms with Gasteiger partial charge in [0.15, 0.2) is 0 Å². The summed E-state index contributed by atoms with van der Waals surface area (Å²) in [4.78, 5) is 17.2. The van der Waals surface area contributed by atoms with Gasteiger partial charge in [-0.2, -0.15) is 0 Å². The summed E-state index contributed by atoms with van der Waals surface area (Å²) in [5.41, 5.74) is 3.28. The second-order valence-electron chi connectivity index (χ2n) is 7.59. The molecule has 168 valence electrons. The van der Waals surface area contributed by atoms with Gasteiger partial charge in [-0.3, -0.25) is 9.52 Å². The minimum atomic E-state index is -3.75. The van der Waals surface area contributed by atoms with Gasteiger partial charge in [0.25, 0.3) is 15.9 Å². The largest absolute Gasteiger partial charge is 0.348 e. The second-order valence-corrected chi connectivity index (χ2v) is 9.27. The van der Waals surface area contributed by atoms with Gasteiger partial charge in [0.2, 0.25) is 0 Å². The van der Waals surface area contributed by atoms with Crippen LogP contribution >= 0.6 is 0 Å². The average Bonchev–Trinajstić information content (AvgIpc) is 3.25. The number of carbonyl (C=O) groups is 1. The Balaban J connectivity index is 1.45. The first-order chi connectivity index (χ1) is 15.8. The fourth-order valence-electron chi connectivity index (χ4n) is 3.50. The highest BCUT2D eigenvalue weighted by Crippen LogP contribution is 2.23. The van der Waals surface area contributed by atoms with Crippen LogP contribution in [-0.2, 0) is 16.6 Å². The third-order valence-electron chi connectivity index (χ3n) is 5.37. The molecule has 0 radical (unpaired) electrons. The molecule has 4 rings (SSSR count). The van der Waals surface area contributed by atoms with Crippen LogP contribution in [0.15, 0.2) is 90.1 Å². The average molecular weight is 461 g/mol. The molecule has 33 heavy (non-hydrogen) atoms. The van der Waals surface area contributed by atoms with Gasteiger partial charge in [0.1, 0.15) is 5.82 Å². The highest BCUT2D eigenvalue weighted by atomic mass is 32.2. The third-order valence-corrected chi connectivity index (χ3v) is 6.75. The maximum atomic E-state index is 12.8. The molecule has 7 nitrogen and oxygen atoms in total. The zero-order valence-corrected chi connectivity index (χ0v) is 19.1. The molecule has 0 spiro atoms. The van der Waals surface area contributed by atoms with Gasteiger partial charge in [-0.1, -0.05) is 36.4 Å². The zero-order valence-electron chi connectivity index (χ0n) is 18.3. The molecule has 1 aromatic heterocycles. The highest BCUT2D eigenvalue weighted by Gasteiger charge is 2.17. The quantitative estimate of drug-likeness (QED) is 0.432. The van der Waals surface area contributed by atoms with Crippen molar-refractivity contribution in [3.05, 3.63) is 108 Å². The van der Waals surface area contributed by atoms with E-state index in [1.165, 1.54) is 12.1 Å². The number of anilines is 1. The van der Waals surface area contributed by atoms with E-state index in [4.69, 9.17) is 0 Å². The molecule has 1 heterocycles. The number of hydrogen-bond donors (Lipinski definition) is 2. The fraction of sp³-hybridized carbons (Fsp3) is 0.120. The number of hydrogen-bond acceptors (Lipinski definition) is 4. The Hall–Kier alpha value is -3.91. The van der Waals surface area contributed by atoms with Crippen LogP contribution in [-0.4, -0.2) is 23.9 Å². The Morgan fingerprint density at radius 2 is 1.67 bits per heavy atom. The minimum absolute atomic E-state index is 0.161. The summed E-state index contributed by atoms with van der Waals surface area (Å²) in [5.74, 6) is 0.622. The van der Waals surface area contributed by atoms with E-state index in [1.54, 1.807) is 49.5 Å². The predicted molar refractivity (Wildman–Crippen MR) is 128 cm³/mol. The first kappa shape index (κ1) is 22.3. The predicted octanol–water partition coefficient (Wildman–Crippen LogP) is 4.22. The van der Waals surface area contributed by atoms with E-state index in [2.05, 4.69) is 15.0 Å². The van der Waals surface area contributed by atoms with E-state index in [1.807, 2.05) is 42.0 Å². The maximum absolute atomic E-state index is 12.8. The van der Waals surface area contributed by atoms with Gasteiger partial charge in [-0.25, -0.2) is 13.4 Å². The molecule has 0 saturated heterocycles. The van der Waals surface area contributed by atoms with Crippen molar-refractivity contribution in [2.24, 2.45) is 0 Å². The molecule has 0 unspecified atom stereocenters. The molecule has 0 atom stereocenters. The third kappa shape index (κ3) is 4.96. The molecule has 1 amide bonds. The van der Waals surface area contributed by atoms with Crippen molar-refractivity contribution in [2.45, 2.75) is 25.3 Å². The minimum Gasteiger partial charge on any atom is -0.348 e. The van der Waals surface area contributed by atoms with Crippen molar-refractivity contribution in [3.63, 3.8) is 0 Å². The number of amides is 1. The standard InChI is InChI=1S/C25H24N4O3S/c1-18-23(9-6-10-24(18)28-33(31,32)22-7-4-3-5-8-22)25(30)27-17-20-11-13-21(14-12-20)29-16-15-26-19(29)2/h3-16,28H,17H2,1-2H3,(H,27,30). The number of benzene rings is 3. The molecular weight excluding hydrogens is 436 g/mol. The summed E-state index contributed by atoms with van der Waals surface area (Å²) in [5, 5.41) is 2.91. The van der Waals surface area contributed by atoms with Crippen LogP contribution in [0.4, 0.5) is 5.69 Å². The molecule has 0 aliphatic carbocycles. The normalized spacial score (nSPS) is 11.2. The van der Waals surface area contributed by atoms with Crippen LogP contribution in [0.3, 0.4) is 0 Å². The zero-order chi connectivity index (χ0) is 23.4. The first-order valence-electron chi connectivity index (χ1n) is 10.4. The molecule has 0 saturated carbocycles. The molecule has 2 N–H and O–H groups in total. The number of imidazole rings is 1. The number of rotatable bonds is 7. The SMILES string of the molecule is Cc1c(NS(=O)(=O)c2ccccc2)cccc1C(=O)NCc1ccc(-n2ccnc2C)cc1. The Bertz CT molecular complexity index is 1380. The lowest BCUT2D eigenvalue weighted by molar-refractivity contribution is 0.0950. The summed E-state index contributed by atoms with van der Waals surface area (Å²) in [7, 11) is -3.75. The smallest absolute Gasteiger partial charge is 0.261 e. The lowest BCUT2D eigenvalue weighted by Gasteiger charge is -2.14. The van der Waals surface area contributed by atoms with Crippen LogP contribution in [0.25, 0.3) is 5.69 Å². The first-order valence-corrected chi connectivity index (χ1v) is 11.9. The van der Waals surface area contributed by atoms with Crippen molar-refractivity contribution in [3.8, 4) is 5.69 Å². The highest BCUT2D eigenvalue weighted by molar-refractivity contribution is 7.92. The molecule has 0 bridgehead atoms. The molecule has 4 aromatic rings. The van der Waals surface area contributed by atoms with E-state index >= 15 is 0 Å². The molecule has 0 fully saturated rings. The van der Waals surface area contributed by atoms with Crippen LogP contribution in [0.5, 0.6) is 0 Å². The lowest BCUT2D eigenvalue weighted by atomic mass is 10.1. The van der Waals surface area contributed by atoms with Crippen LogP contribution in [0.1, 0.15) is 27.3 Å². The van der Waals surface area contributed by atoms with Gasteiger partial charge in [0, 0.05) is 30.2 Å². The number of carbonyl (C=O) groups excluding carboxylic acids is 1.